The standard InChI is InChI=1S/C34H46ClN5O10S/c1-8-19-13-34(19,29(43)39-51(45,46)20-9-10-20)37-27(41)23-15-33(14-22(38-50-33)18-11-21(35)25-24(12-18)47-17-48-25)16-40(23)28(42)26(31(2,3)4)36-30(44)49-32(5,6)7/h8,11-12,19-20,23,26,29,39,43H,1,9-10,13-17H2,2-7H3,(H,36,44)(H,37,41)/t19-,23+,26+,29?,33?,34-/m1/s1. The van der Waals surface area contributed by atoms with Gasteiger partial charge in [0.15, 0.2) is 17.1 Å². The summed E-state index contributed by atoms with van der Waals surface area (Å²) in [5.41, 5.74) is -3.06. The zero-order chi connectivity index (χ0) is 37.3. The van der Waals surface area contributed by atoms with Crippen LogP contribution in [0.5, 0.6) is 11.5 Å². The summed E-state index contributed by atoms with van der Waals surface area (Å²) in [6, 6.07) is 1.12. The van der Waals surface area contributed by atoms with Crippen LogP contribution in [0, 0.1) is 11.3 Å². The second kappa shape index (κ2) is 12.8. The highest BCUT2D eigenvalue weighted by Crippen LogP contribution is 2.48. The number of rotatable bonds is 10. The van der Waals surface area contributed by atoms with Crippen molar-refractivity contribution in [1.82, 2.24) is 20.3 Å². The number of halogens is 1. The molecule has 6 rings (SSSR count). The van der Waals surface area contributed by atoms with Crippen molar-refractivity contribution in [2.24, 2.45) is 16.5 Å². The number of likely N-dealkylation sites (tertiary alicyclic amines) is 1. The smallest absolute Gasteiger partial charge is 0.408 e. The average Bonchev–Trinajstić information content (AvgIpc) is 3.85. The van der Waals surface area contributed by atoms with Gasteiger partial charge in [0.1, 0.15) is 23.9 Å². The van der Waals surface area contributed by atoms with Gasteiger partial charge < -0.3 is 39.7 Å². The molecule has 6 atom stereocenters. The van der Waals surface area contributed by atoms with E-state index in [1.807, 2.05) is 0 Å². The second-order valence-corrected chi connectivity index (χ2v) is 18.6. The van der Waals surface area contributed by atoms with Gasteiger partial charge in [-0.3, -0.25) is 9.59 Å². The van der Waals surface area contributed by atoms with Gasteiger partial charge in [-0.2, -0.15) is 4.72 Å². The van der Waals surface area contributed by atoms with E-state index in [0.29, 0.717) is 40.6 Å². The number of sulfonamides is 1. The zero-order valence-electron chi connectivity index (χ0n) is 29.6. The van der Waals surface area contributed by atoms with Crippen LogP contribution in [-0.4, -0.2) is 95.7 Å². The number of nitrogens with zero attached hydrogens (tertiary/aromatic N) is 2. The van der Waals surface area contributed by atoms with Crippen LogP contribution >= 0.6 is 11.6 Å². The monoisotopic (exact) mass is 751 g/mol. The molecule has 4 N–H and O–H groups in total. The minimum absolute atomic E-state index is 0.00209. The number of oxime groups is 1. The fourth-order valence-electron chi connectivity index (χ4n) is 6.83. The number of alkyl carbamates (subject to hydrolysis) is 1. The predicted octanol–water partition coefficient (Wildman–Crippen LogP) is 2.93. The van der Waals surface area contributed by atoms with Crippen molar-refractivity contribution in [1.29, 1.82) is 0 Å². The van der Waals surface area contributed by atoms with Crippen LogP contribution in [0.3, 0.4) is 0 Å². The molecule has 5 aliphatic rings. The van der Waals surface area contributed by atoms with Crippen molar-refractivity contribution in [3.8, 4) is 11.5 Å². The summed E-state index contributed by atoms with van der Waals surface area (Å²) in [7, 11) is -3.81. The summed E-state index contributed by atoms with van der Waals surface area (Å²) < 4.78 is 44.2. The number of ether oxygens (including phenoxy) is 3. The lowest BCUT2D eigenvalue weighted by atomic mass is 9.85. The van der Waals surface area contributed by atoms with E-state index in [-0.39, 0.29) is 32.6 Å². The summed E-state index contributed by atoms with van der Waals surface area (Å²) in [5, 5.41) is 20.9. The maximum absolute atomic E-state index is 14.6. The number of carbonyl (C=O) groups excluding carboxylic acids is 3. The zero-order valence-corrected chi connectivity index (χ0v) is 31.2. The molecule has 3 fully saturated rings. The van der Waals surface area contributed by atoms with Crippen LogP contribution < -0.4 is 24.8 Å². The normalized spacial score (nSPS) is 28.1. The Balaban J connectivity index is 1.29. The van der Waals surface area contributed by atoms with Crippen LogP contribution in [0.1, 0.15) is 79.2 Å². The molecule has 15 nitrogen and oxygen atoms in total. The molecule has 2 unspecified atom stereocenters. The number of aliphatic hydroxyl groups excluding tert-OH is 1. The number of fused-ring (bicyclic) bond motifs is 1. The van der Waals surface area contributed by atoms with Crippen molar-refractivity contribution < 1.29 is 47.0 Å². The molecule has 1 saturated heterocycles. The molecule has 1 aromatic carbocycles. The molecule has 3 heterocycles. The Morgan fingerprint density at radius 2 is 1.86 bits per heavy atom. The number of aliphatic hydroxyl groups is 1. The molecule has 1 aromatic rings. The molecular formula is C34H46ClN5O10S. The van der Waals surface area contributed by atoms with Gasteiger partial charge in [-0.15, -0.1) is 6.58 Å². The first-order chi connectivity index (χ1) is 23.7. The third kappa shape index (κ3) is 7.50. The highest BCUT2D eigenvalue weighted by Gasteiger charge is 2.62. The molecule has 0 aromatic heterocycles. The van der Waals surface area contributed by atoms with Gasteiger partial charge in [0.2, 0.25) is 28.6 Å². The number of benzene rings is 1. The Morgan fingerprint density at radius 1 is 1.16 bits per heavy atom. The van der Waals surface area contributed by atoms with Gasteiger partial charge in [0, 0.05) is 24.3 Å². The SMILES string of the molecule is C=C[C@@H]1C[C@]1(NC(=O)[C@@H]1CC2(CC(c3cc(Cl)c4c(c3)OCO4)=NO2)CN1C(=O)[C@H](NC(=O)OC(C)(C)C)C(C)(C)C)C(O)NS(=O)(=O)C1CC1. The maximum atomic E-state index is 14.6. The van der Waals surface area contributed by atoms with E-state index in [2.05, 4.69) is 27.1 Å². The molecule has 0 bridgehead atoms. The molecule has 17 heteroatoms. The van der Waals surface area contributed by atoms with E-state index in [4.69, 9.17) is 30.6 Å². The fraction of sp³-hybridized carbons (Fsp3) is 0.647. The Bertz CT molecular complexity index is 1770. The molecule has 2 saturated carbocycles. The highest BCUT2D eigenvalue weighted by atomic mass is 35.5. The Morgan fingerprint density at radius 3 is 2.47 bits per heavy atom. The average molecular weight is 752 g/mol. The minimum Gasteiger partial charge on any atom is -0.454 e. The van der Waals surface area contributed by atoms with Crippen LogP contribution in [0.25, 0.3) is 0 Å². The largest absolute Gasteiger partial charge is 0.454 e. The fourth-order valence-corrected chi connectivity index (χ4v) is 8.57. The Kier molecular flexibility index (Phi) is 9.34. The molecule has 2 aliphatic carbocycles. The summed E-state index contributed by atoms with van der Waals surface area (Å²) in [6.07, 6.45) is 0.500. The van der Waals surface area contributed by atoms with Crippen LogP contribution in [0.2, 0.25) is 5.02 Å². The lowest BCUT2D eigenvalue weighted by molar-refractivity contribution is -0.143. The number of amides is 3. The summed E-state index contributed by atoms with van der Waals surface area (Å²) in [6.45, 7) is 14.2. The van der Waals surface area contributed by atoms with E-state index in [0.717, 1.165) is 0 Å². The molecule has 1 spiro atoms. The van der Waals surface area contributed by atoms with Crippen molar-refractivity contribution >= 4 is 45.2 Å². The van der Waals surface area contributed by atoms with Gasteiger partial charge in [-0.1, -0.05) is 43.6 Å². The second-order valence-electron chi connectivity index (χ2n) is 16.2. The van der Waals surface area contributed by atoms with Gasteiger partial charge in [0.25, 0.3) is 0 Å². The quantitative estimate of drug-likeness (QED) is 0.204. The van der Waals surface area contributed by atoms with Crippen LogP contribution in [-0.2, 0) is 29.2 Å². The Labute approximate surface area is 302 Å². The molecule has 0 radical (unpaired) electrons. The van der Waals surface area contributed by atoms with Crippen molar-refractivity contribution in [3.63, 3.8) is 0 Å². The molecule has 51 heavy (non-hydrogen) atoms. The number of nitrogens with one attached hydrogen (secondary N) is 3. The lowest BCUT2D eigenvalue weighted by Crippen LogP contribution is -2.61. The third-order valence-electron chi connectivity index (χ3n) is 9.79. The van der Waals surface area contributed by atoms with Crippen molar-refractivity contribution in [3.05, 3.63) is 35.4 Å². The van der Waals surface area contributed by atoms with Gasteiger partial charge >= 0.3 is 6.09 Å². The van der Waals surface area contributed by atoms with Gasteiger partial charge in [0.05, 0.1) is 28.1 Å². The Hall–Kier alpha value is -3.60. The minimum atomic E-state index is -3.81. The summed E-state index contributed by atoms with van der Waals surface area (Å²) in [5.74, 6) is -0.771. The number of hydrogen-bond donors (Lipinski definition) is 4. The third-order valence-corrected chi connectivity index (χ3v) is 12.0. The first-order valence-electron chi connectivity index (χ1n) is 17.0. The van der Waals surface area contributed by atoms with Gasteiger partial charge in [-0.25, -0.2) is 13.2 Å². The molecular weight excluding hydrogens is 706 g/mol. The van der Waals surface area contributed by atoms with Crippen molar-refractivity contribution in [2.75, 3.05) is 13.3 Å². The predicted molar refractivity (Wildman–Crippen MR) is 186 cm³/mol. The van der Waals surface area contributed by atoms with E-state index in [1.54, 1.807) is 59.8 Å². The number of carbonyl (C=O) groups is 3. The molecule has 3 aliphatic heterocycles. The van der Waals surface area contributed by atoms with Crippen LogP contribution in [0.15, 0.2) is 29.9 Å². The van der Waals surface area contributed by atoms with Gasteiger partial charge in [-0.05, 0) is 57.6 Å². The summed E-state index contributed by atoms with van der Waals surface area (Å²) in [4.78, 5) is 49.3. The molecule has 3 amide bonds. The summed E-state index contributed by atoms with van der Waals surface area (Å²) >= 11 is 6.45. The number of hydrogen-bond acceptors (Lipinski definition) is 11. The first kappa shape index (κ1) is 37.2. The highest BCUT2D eigenvalue weighted by molar-refractivity contribution is 7.90. The molecule has 280 valence electrons. The lowest BCUT2D eigenvalue weighted by Gasteiger charge is -2.36. The first-order valence-corrected chi connectivity index (χ1v) is 18.9. The van der Waals surface area contributed by atoms with E-state index < -0.39 is 79.6 Å². The van der Waals surface area contributed by atoms with E-state index in [9.17, 15) is 27.9 Å². The van der Waals surface area contributed by atoms with Crippen molar-refractivity contribution in [2.45, 2.75) is 114 Å². The van der Waals surface area contributed by atoms with Crippen LogP contribution in [0.4, 0.5) is 4.79 Å². The topological polar surface area (TPSA) is 194 Å². The van der Waals surface area contributed by atoms with E-state index in [1.165, 1.54) is 4.90 Å². The maximum Gasteiger partial charge on any atom is 0.408 e. The van der Waals surface area contributed by atoms with E-state index >= 15 is 0 Å².